The predicted octanol–water partition coefficient (Wildman–Crippen LogP) is 2.16. The first kappa shape index (κ1) is 14.9. The average Bonchev–Trinajstić information content (AvgIpc) is 3.26. The second-order valence-corrected chi connectivity index (χ2v) is 7.61. The van der Waals surface area contributed by atoms with Gasteiger partial charge in [-0.15, -0.1) is 0 Å². The van der Waals surface area contributed by atoms with E-state index < -0.39 is 9.84 Å². The summed E-state index contributed by atoms with van der Waals surface area (Å²) in [5, 5.41) is 0. The van der Waals surface area contributed by atoms with Crippen LogP contribution in [0.4, 0.5) is 0 Å². The van der Waals surface area contributed by atoms with Crippen LogP contribution in [0.15, 0.2) is 59.5 Å². The van der Waals surface area contributed by atoms with E-state index in [-0.39, 0.29) is 16.7 Å². The molecule has 5 heteroatoms. The van der Waals surface area contributed by atoms with Crippen LogP contribution in [0.1, 0.15) is 15.9 Å². The molecule has 1 aliphatic rings. The van der Waals surface area contributed by atoms with Crippen molar-refractivity contribution in [3.8, 4) is 0 Å². The van der Waals surface area contributed by atoms with Gasteiger partial charge in [-0.2, -0.15) is 0 Å². The Hall–Kier alpha value is -1.98. The van der Waals surface area contributed by atoms with Gasteiger partial charge in [0.2, 0.25) is 0 Å². The summed E-state index contributed by atoms with van der Waals surface area (Å²) in [5.74, 6) is 0.0518. The minimum Gasteiger partial charge on any atom is -0.292 e. The third-order valence-electron chi connectivity index (χ3n) is 3.81. The number of hydrogen-bond acceptors (Lipinski definition) is 4. The Morgan fingerprint density at radius 1 is 1.09 bits per heavy atom. The van der Waals surface area contributed by atoms with E-state index in [1.165, 1.54) is 17.7 Å². The van der Waals surface area contributed by atoms with Crippen molar-refractivity contribution >= 4 is 15.6 Å². The number of rotatable bonds is 5. The van der Waals surface area contributed by atoms with Crippen molar-refractivity contribution in [2.24, 2.45) is 0 Å². The van der Waals surface area contributed by atoms with Crippen LogP contribution >= 0.6 is 0 Å². The van der Waals surface area contributed by atoms with Crippen LogP contribution in [0.5, 0.6) is 0 Å². The lowest BCUT2D eigenvalue weighted by Crippen LogP contribution is -2.13. The monoisotopic (exact) mass is 315 g/mol. The predicted molar refractivity (Wildman–Crippen MR) is 84.5 cm³/mol. The standard InChI is InChI=1S/C17H17NO3S/c1-22(20,21)15-9-7-14(8-10-15)17(19)16-12-18(16)11-13-5-3-2-4-6-13/h2-10,16H,11-12H2,1H3. The zero-order chi connectivity index (χ0) is 15.7. The summed E-state index contributed by atoms with van der Waals surface area (Å²) in [6.07, 6.45) is 1.16. The molecular weight excluding hydrogens is 298 g/mol. The van der Waals surface area contributed by atoms with Crippen molar-refractivity contribution < 1.29 is 13.2 Å². The highest BCUT2D eigenvalue weighted by atomic mass is 32.2. The van der Waals surface area contributed by atoms with Crippen molar-refractivity contribution in [1.29, 1.82) is 0 Å². The van der Waals surface area contributed by atoms with E-state index in [2.05, 4.69) is 4.90 Å². The van der Waals surface area contributed by atoms with Crippen molar-refractivity contribution in [2.75, 3.05) is 12.8 Å². The van der Waals surface area contributed by atoms with Crippen LogP contribution in [0, 0.1) is 0 Å². The van der Waals surface area contributed by atoms with Gasteiger partial charge in [0, 0.05) is 24.9 Å². The molecular formula is C17H17NO3S. The molecule has 22 heavy (non-hydrogen) atoms. The molecule has 1 saturated heterocycles. The maximum atomic E-state index is 12.4. The third kappa shape index (κ3) is 3.26. The summed E-state index contributed by atoms with van der Waals surface area (Å²) >= 11 is 0. The SMILES string of the molecule is CS(=O)(=O)c1ccc(C(=O)C2CN2Cc2ccccc2)cc1. The Kier molecular flexibility index (Phi) is 3.85. The average molecular weight is 315 g/mol. The molecule has 114 valence electrons. The smallest absolute Gasteiger partial charge is 0.181 e. The number of ketones is 1. The van der Waals surface area contributed by atoms with Crippen molar-refractivity contribution in [2.45, 2.75) is 17.5 Å². The Morgan fingerprint density at radius 2 is 1.73 bits per heavy atom. The van der Waals surface area contributed by atoms with Crippen LogP contribution in [-0.2, 0) is 16.4 Å². The van der Waals surface area contributed by atoms with Crippen LogP contribution in [-0.4, -0.2) is 37.9 Å². The highest BCUT2D eigenvalue weighted by molar-refractivity contribution is 7.90. The van der Waals surface area contributed by atoms with Gasteiger partial charge in [0.05, 0.1) is 10.9 Å². The van der Waals surface area contributed by atoms with Gasteiger partial charge in [-0.05, 0) is 17.7 Å². The first-order chi connectivity index (χ1) is 10.4. The molecule has 1 aliphatic heterocycles. The Balaban J connectivity index is 1.66. The Bertz CT molecular complexity index is 782. The van der Waals surface area contributed by atoms with Crippen LogP contribution in [0.3, 0.4) is 0 Å². The molecule has 0 radical (unpaired) electrons. The van der Waals surface area contributed by atoms with Gasteiger partial charge in [0.15, 0.2) is 15.6 Å². The van der Waals surface area contributed by atoms with E-state index >= 15 is 0 Å². The number of carbonyl (C=O) groups excluding carboxylic acids is 1. The summed E-state index contributed by atoms with van der Waals surface area (Å²) in [7, 11) is -3.22. The molecule has 2 aromatic carbocycles. The zero-order valence-electron chi connectivity index (χ0n) is 12.3. The van der Waals surface area contributed by atoms with E-state index in [1.807, 2.05) is 30.3 Å². The summed E-state index contributed by atoms with van der Waals surface area (Å²) in [5.41, 5.74) is 1.75. The van der Waals surface area contributed by atoms with Crippen molar-refractivity contribution in [3.63, 3.8) is 0 Å². The number of nitrogens with zero attached hydrogens (tertiary/aromatic N) is 1. The normalized spacial score (nSPS) is 20.6. The highest BCUT2D eigenvalue weighted by Gasteiger charge is 2.40. The topological polar surface area (TPSA) is 54.2 Å². The maximum Gasteiger partial charge on any atom is 0.181 e. The molecule has 3 rings (SSSR count). The van der Waals surface area contributed by atoms with Crippen LogP contribution < -0.4 is 0 Å². The first-order valence-electron chi connectivity index (χ1n) is 7.07. The van der Waals surface area contributed by atoms with Gasteiger partial charge in [-0.1, -0.05) is 42.5 Å². The number of benzene rings is 2. The molecule has 0 amide bonds. The van der Waals surface area contributed by atoms with Gasteiger partial charge in [0.25, 0.3) is 0 Å². The molecule has 2 unspecified atom stereocenters. The lowest BCUT2D eigenvalue weighted by molar-refractivity contribution is 0.0974. The fourth-order valence-corrected chi connectivity index (χ4v) is 3.11. The zero-order valence-corrected chi connectivity index (χ0v) is 13.1. The van der Waals surface area contributed by atoms with Gasteiger partial charge < -0.3 is 0 Å². The Morgan fingerprint density at radius 3 is 2.32 bits per heavy atom. The molecule has 2 atom stereocenters. The lowest BCUT2D eigenvalue weighted by atomic mass is 10.1. The highest BCUT2D eigenvalue weighted by Crippen LogP contribution is 2.25. The molecule has 1 heterocycles. The fraction of sp³-hybridized carbons (Fsp3) is 0.235. The van der Waals surface area contributed by atoms with Gasteiger partial charge in [-0.25, -0.2) is 8.42 Å². The summed E-state index contributed by atoms with van der Waals surface area (Å²) in [6.45, 7) is 1.51. The molecule has 1 fully saturated rings. The molecule has 0 saturated carbocycles. The number of hydrogen-bond donors (Lipinski definition) is 0. The molecule has 0 N–H and O–H groups in total. The number of carbonyl (C=O) groups is 1. The molecule has 0 aliphatic carbocycles. The molecule has 0 spiro atoms. The van der Waals surface area contributed by atoms with Gasteiger partial charge >= 0.3 is 0 Å². The van der Waals surface area contributed by atoms with Crippen molar-refractivity contribution in [1.82, 2.24) is 4.90 Å². The maximum absolute atomic E-state index is 12.4. The molecule has 2 aromatic rings. The van der Waals surface area contributed by atoms with E-state index in [0.29, 0.717) is 5.56 Å². The fourth-order valence-electron chi connectivity index (χ4n) is 2.48. The number of sulfone groups is 1. The summed E-state index contributed by atoms with van der Waals surface area (Å²) in [6, 6.07) is 16.1. The third-order valence-corrected chi connectivity index (χ3v) is 4.94. The summed E-state index contributed by atoms with van der Waals surface area (Å²) in [4.78, 5) is 14.7. The second kappa shape index (κ2) is 5.66. The first-order valence-corrected chi connectivity index (χ1v) is 8.96. The molecule has 0 bridgehead atoms. The van der Waals surface area contributed by atoms with Gasteiger partial charge in [0.1, 0.15) is 0 Å². The van der Waals surface area contributed by atoms with E-state index in [9.17, 15) is 13.2 Å². The van der Waals surface area contributed by atoms with Crippen molar-refractivity contribution in [3.05, 3.63) is 65.7 Å². The quantitative estimate of drug-likeness (QED) is 0.627. The van der Waals surface area contributed by atoms with E-state index in [1.54, 1.807) is 12.1 Å². The Labute approximate surface area is 130 Å². The molecule has 0 aromatic heterocycles. The number of Topliss-reactive ketones (excluding diaryl/α,β-unsaturated/α-hetero) is 1. The van der Waals surface area contributed by atoms with E-state index in [4.69, 9.17) is 0 Å². The summed E-state index contributed by atoms with van der Waals surface area (Å²) < 4.78 is 22.8. The molecule has 4 nitrogen and oxygen atoms in total. The lowest BCUT2D eigenvalue weighted by Gasteiger charge is -2.05. The largest absolute Gasteiger partial charge is 0.292 e. The van der Waals surface area contributed by atoms with E-state index in [0.717, 1.165) is 19.3 Å². The minimum atomic E-state index is -3.22. The minimum absolute atomic E-state index is 0.0518. The van der Waals surface area contributed by atoms with Gasteiger partial charge in [-0.3, -0.25) is 9.69 Å². The second-order valence-electron chi connectivity index (χ2n) is 5.59. The van der Waals surface area contributed by atoms with Crippen LogP contribution in [0.2, 0.25) is 0 Å². The van der Waals surface area contributed by atoms with Crippen LogP contribution in [0.25, 0.3) is 0 Å².